The van der Waals surface area contributed by atoms with E-state index in [0.29, 0.717) is 0 Å². The molecule has 0 spiro atoms. The molecule has 0 saturated heterocycles. The molecule has 1 aromatic carbocycles. The van der Waals surface area contributed by atoms with Gasteiger partial charge in [0.1, 0.15) is 0 Å². The topological polar surface area (TPSA) is 20.3 Å². The molecule has 0 amide bonds. The van der Waals surface area contributed by atoms with Gasteiger partial charge in [-0.25, -0.2) is 0 Å². The van der Waals surface area contributed by atoms with Crippen molar-refractivity contribution in [2.45, 2.75) is 33.6 Å². The van der Waals surface area contributed by atoms with E-state index in [1.807, 2.05) is 18.2 Å². The normalized spacial score (nSPS) is 10.4. The highest BCUT2D eigenvalue weighted by Gasteiger charge is 2.12. The number of ketones is 1. The summed E-state index contributed by atoms with van der Waals surface area (Å²) in [4.78, 5) is 13.9. The van der Waals surface area contributed by atoms with Gasteiger partial charge in [0.2, 0.25) is 0 Å². The Morgan fingerprint density at radius 3 is 2.59 bits per heavy atom. The quantitative estimate of drug-likeness (QED) is 0.731. The van der Waals surface area contributed by atoms with Gasteiger partial charge in [-0.3, -0.25) is 4.79 Å². The molecule has 1 aromatic rings. The number of carbonyl (C=O) groups is 1. The first-order valence-corrected chi connectivity index (χ1v) is 6.94. The second kappa shape index (κ2) is 6.80. The highest BCUT2D eigenvalue weighted by Crippen LogP contribution is 2.26. The fraction of sp³-hybridized carbons (Fsp3) is 0.500. The molecule has 0 unspecified atom stereocenters. The summed E-state index contributed by atoms with van der Waals surface area (Å²) in [6, 6.07) is 5.86. The second-order valence-electron chi connectivity index (χ2n) is 4.15. The highest BCUT2D eigenvalue weighted by molar-refractivity contribution is 9.10. The van der Waals surface area contributed by atoms with E-state index >= 15 is 0 Å². The lowest BCUT2D eigenvalue weighted by Gasteiger charge is -2.25. The lowest BCUT2D eigenvalue weighted by Crippen LogP contribution is -2.25. The summed E-state index contributed by atoms with van der Waals surface area (Å²) in [5.74, 6) is 0.127. The fourth-order valence-electron chi connectivity index (χ4n) is 1.86. The van der Waals surface area contributed by atoms with E-state index in [4.69, 9.17) is 0 Å². The van der Waals surface area contributed by atoms with Gasteiger partial charge in [-0.1, -0.05) is 29.3 Å². The molecule has 0 saturated carbocycles. The Morgan fingerprint density at radius 2 is 2.06 bits per heavy atom. The maximum absolute atomic E-state index is 11.6. The van der Waals surface area contributed by atoms with Crippen molar-refractivity contribution in [3.8, 4) is 0 Å². The third-order valence-corrected chi connectivity index (χ3v) is 3.34. The first-order valence-electron chi connectivity index (χ1n) is 6.15. The first-order chi connectivity index (χ1) is 8.10. The minimum Gasteiger partial charge on any atom is -0.371 e. The van der Waals surface area contributed by atoms with Crippen molar-refractivity contribution in [1.29, 1.82) is 0 Å². The van der Waals surface area contributed by atoms with Gasteiger partial charge in [0.15, 0.2) is 5.78 Å². The van der Waals surface area contributed by atoms with E-state index in [0.717, 1.165) is 35.2 Å². The fourth-order valence-corrected chi connectivity index (χ4v) is 2.21. The van der Waals surface area contributed by atoms with E-state index in [-0.39, 0.29) is 5.78 Å². The summed E-state index contributed by atoms with van der Waals surface area (Å²) in [6.45, 7) is 7.86. The smallest absolute Gasteiger partial charge is 0.161 e. The molecule has 0 bridgehead atoms. The van der Waals surface area contributed by atoms with E-state index in [1.54, 1.807) is 6.92 Å². The van der Waals surface area contributed by atoms with E-state index in [2.05, 4.69) is 34.7 Å². The maximum atomic E-state index is 11.6. The predicted molar refractivity (Wildman–Crippen MR) is 76.9 cm³/mol. The van der Waals surface area contributed by atoms with Crippen molar-refractivity contribution in [2.75, 3.05) is 18.0 Å². The second-order valence-corrected chi connectivity index (χ2v) is 5.07. The number of benzene rings is 1. The largest absolute Gasteiger partial charge is 0.371 e. The highest BCUT2D eigenvalue weighted by atomic mass is 79.9. The summed E-state index contributed by atoms with van der Waals surface area (Å²) in [5.41, 5.74) is 1.86. The molecule has 2 nitrogen and oxygen atoms in total. The van der Waals surface area contributed by atoms with Crippen LogP contribution in [0, 0.1) is 0 Å². The third-order valence-electron chi connectivity index (χ3n) is 2.84. The molecular weight excluding hydrogens is 278 g/mol. The Labute approximate surface area is 112 Å². The zero-order valence-electron chi connectivity index (χ0n) is 10.8. The molecule has 0 fully saturated rings. The lowest BCUT2D eigenvalue weighted by atomic mass is 10.1. The van der Waals surface area contributed by atoms with Gasteiger partial charge in [0.25, 0.3) is 0 Å². The molecule has 0 aliphatic rings. The van der Waals surface area contributed by atoms with Crippen molar-refractivity contribution in [3.05, 3.63) is 28.2 Å². The van der Waals surface area contributed by atoms with Crippen molar-refractivity contribution < 1.29 is 4.79 Å². The molecule has 0 N–H and O–H groups in total. The van der Waals surface area contributed by atoms with Gasteiger partial charge in [-0.15, -0.1) is 0 Å². The molecule has 0 aliphatic carbocycles. The first kappa shape index (κ1) is 14.2. The summed E-state index contributed by atoms with van der Waals surface area (Å²) >= 11 is 3.47. The van der Waals surface area contributed by atoms with Crippen LogP contribution < -0.4 is 4.90 Å². The molecule has 1 rings (SSSR count). The molecule has 0 atom stereocenters. The number of hydrogen-bond donors (Lipinski definition) is 0. The zero-order chi connectivity index (χ0) is 12.8. The van der Waals surface area contributed by atoms with Crippen LogP contribution in [0.4, 0.5) is 5.69 Å². The maximum Gasteiger partial charge on any atom is 0.161 e. The lowest BCUT2D eigenvalue weighted by molar-refractivity contribution is 0.101. The van der Waals surface area contributed by atoms with E-state index in [9.17, 15) is 4.79 Å². The number of halogens is 1. The van der Waals surface area contributed by atoms with Gasteiger partial charge < -0.3 is 4.90 Å². The molecule has 0 radical (unpaired) electrons. The summed E-state index contributed by atoms with van der Waals surface area (Å²) in [7, 11) is 0. The van der Waals surface area contributed by atoms with Crippen LogP contribution in [0.5, 0.6) is 0 Å². The Morgan fingerprint density at radius 1 is 1.35 bits per heavy atom. The SMILES string of the molecule is CCCCN(CC)c1cc(Br)ccc1C(C)=O. The van der Waals surface area contributed by atoms with Gasteiger partial charge >= 0.3 is 0 Å². The number of nitrogens with zero attached hydrogens (tertiary/aromatic N) is 1. The van der Waals surface area contributed by atoms with E-state index < -0.39 is 0 Å². The Bertz CT molecular complexity index is 390. The minimum absolute atomic E-state index is 0.127. The van der Waals surface area contributed by atoms with E-state index in [1.165, 1.54) is 6.42 Å². The Kier molecular flexibility index (Phi) is 5.69. The molecule has 17 heavy (non-hydrogen) atoms. The van der Waals surface area contributed by atoms with Crippen LogP contribution >= 0.6 is 15.9 Å². The summed E-state index contributed by atoms with van der Waals surface area (Å²) in [5, 5.41) is 0. The predicted octanol–water partition coefficient (Wildman–Crippen LogP) is 4.28. The van der Waals surface area contributed by atoms with Crippen LogP contribution in [0.25, 0.3) is 0 Å². The molecule has 0 heterocycles. The monoisotopic (exact) mass is 297 g/mol. The molecular formula is C14H20BrNO. The number of hydrogen-bond acceptors (Lipinski definition) is 2. The number of Topliss-reactive ketones (excluding diaryl/α,β-unsaturated/α-hetero) is 1. The average Bonchev–Trinajstić information content (AvgIpc) is 2.29. The van der Waals surface area contributed by atoms with Gasteiger partial charge in [0, 0.05) is 28.8 Å². The minimum atomic E-state index is 0.127. The standard InChI is InChI=1S/C14H20BrNO/c1-4-6-9-16(5-2)14-10-12(15)7-8-13(14)11(3)17/h7-8,10H,4-6,9H2,1-3H3. The van der Waals surface area contributed by atoms with Crippen LogP contribution in [0.1, 0.15) is 44.0 Å². The molecule has 0 aromatic heterocycles. The van der Waals surface area contributed by atoms with Crippen LogP contribution in [0.2, 0.25) is 0 Å². The number of anilines is 1. The van der Waals surface area contributed by atoms with Crippen molar-refractivity contribution >= 4 is 27.4 Å². The number of rotatable bonds is 6. The molecule has 3 heteroatoms. The van der Waals surface area contributed by atoms with Crippen molar-refractivity contribution in [1.82, 2.24) is 0 Å². The Hall–Kier alpha value is -0.830. The third kappa shape index (κ3) is 3.84. The van der Waals surface area contributed by atoms with Crippen LogP contribution in [0.3, 0.4) is 0 Å². The van der Waals surface area contributed by atoms with Crippen LogP contribution in [0.15, 0.2) is 22.7 Å². The van der Waals surface area contributed by atoms with Crippen LogP contribution in [-0.4, -0.2) is 18.9 Å². The van der Waals surface area contributed by atoms with Gasteiger partial charge in [0.05, 0.1) is 0 Å². The van der Waals surface area contributed by atoms with Gasteiger partial charge in [-0.2, -0.15) is 0 Å². The summed E-state index contributed by atoms with van der Waals surface area (Å²) < 4.78 is 1.02. The van der Waals surface area contributed by atoms with Crippen LogP contribution in [-0.2, 0) is 0 Å². The Balaban J connectivity index is 3.06. The summed E-state index contributed by atoms with van der Waals surface area (Å²) in [6.07, 6.45) is 2.32. The zero-order valence-corrected chi connectivity index (χ0v) is 12.4. The number of unbranched alkanes of at least 4 members (excludes halogenated alkanes) is 1. The number of carbonyl (C=O) groups excluding carboxylic acids is 1. The van der Waals surface area contributed by atoms with Crippen molar-refractivity contribution in [2.24, 2.45) is 0 Å². The van der Waals surface area contributed by atoms with Crippen molar-refractivity contribution in [3.63, 3.8) is 0 Å². The molecule has 94 valence electrons. The average molecular weight is 298 g/mol. The van der Waals surface area contributed by atoms with Gasteiger partial charge in [-0.05, 0) is 38.5 Å². The molecule has 0 aliphatic heterocycles.